The van der Waals surface area contributed by atoms with E-state index in [0.717, 1.165) is 11.3 Å². The third-order valence-corrected chi connectivity index (χ3v) is 3.28. The van der Waals surface area contributed by atoms with Crippen LogP contribution in [0.1, 0.15) is 12.0 Å². The van der Waals surface area contributed by atoms with Gasteiger partial charge in [-0.25, -0.2) is 5.01 Å². The van der Waals surface area contributed by atoms with E-state index in [4.69, 9.17) is 0 Å². The van der Waals surface area contributed by atoms with Gasteiger partial charge in [-0.15, -0.1) is 0 Å². The fourth-order valence-corrected chi connectivity index (χ4v) is 2.18. The fraction of sp³-hybridized carbons (Fsp3) is 0.125. The molecule has 0 unspecified atom stereocenters. The molecule has 0 saturated heterocycles. The lowest BCUT2D eigenvalue weighted by Crippen LogP contribution is -2.14. The van der Waals surface area contributed by atoms with Crippen LogP contribution in [0, 0.1) is 0 Å². The third-order valence-electron chi connectivity index (χ3n) is 3.28. The topological polar surface area (TPSA) is 32.7 Å². The van der Waals surface area contributed by atoms with Gasteiger partial charge in [-0.2, -0.15) is 5.10 Å². The number of nitrogens with zero attached hydrogens (tertiary/aromatic N) is 2. The van der Waals surface area contributed by atoms with Gasteiger partial charge in [0.1, 0.15) is 0 Å². The molecule has 0 fully saturated rings. The minimum Gasteiger partial charge on any atom is -0.273 e. The molecule has 1 heterocycles. The highest BCUT2D eigenvalue weighted by molar-refractivity contribution is 6.13. The molecular formula is C16H14N2O. The summed E-state index contributed by atoms with van der Waals surface area (Å²) in [5.74, 6) is 0.0436. The SMILES string of the molecule is CN1N=C(c2ccc(-c3ccccc3)cc2)CC1=O. The van der Waals surface area contributed by atoms with Crippen molar-refractivity contribution in [1.82, 2.24) is 5.01 Å². The Morgan fingerprint density at radius 2 is 1.47 bits per heavy atom. The summed E-state index contributed by atoms with van der Waals surface area (Å²) >= 11 is 0. The second kappa shape index (κ2) is 4.69. The summed E-state index contributed by atoms with van der Waals surface area (Å²) < 4.78 is 0. The molecule has 0 bridgehead atoms. The van der Waals surface area contributed by atoms with Crippen molar-refractivity contribution in [3.63, 3.8) is 0 Å². The van der Waals surface area contributed by atoms with Gasteiger partial charge in [0.2, 0.25) is 5.91 Å². The van der Waals surface area contributed by atoms with Crippen LogP contribution in [0.15, 0.2) is 59.7 Å². The largest absolute Gasteiger partial charge is 0.273 e. The van der Waals surface area contributed by atoms with Gasteiger partial charge in [-0.3, -0.25) is 4.79 Å². The molecular weight excluding hydrogens is 236 g/mol. The van der Waals surface area contributed by atoms with Crippen molar-refractivity contribution in [1.29, 1.82) is 0 Å². The summed E-state index contributed by atoms with van der Waals surface area (Å²) in [7, 11) is 1.69. The summed E-state index contributed by atoms with van der Waals surface area (Å²) in [5.41, 5.74) is 4.21. The molecule has 0 saturated carbocycles. The van der Waals surface area contributed by atoms with E-state index >= 15 is 0 Å². The van der Waals surface area contributed by atoms with Crippen LogP contribution >= 0.6 is 0 Å². The molecule has 3 heteroatoms. The third kappa shape index (κ3) is 2.27. The number of hydrazone groups is 1. The average molecular weight is 250 g/mol. The van der Waals surface area contributed by atoms with E-state index in [2.05, 4.69) is 29.4 Å². The second-order valence-electron chi connectivity index (χ2n) is 4.58. The Morgan fingerprint density at radius 1 is 0.895 bits per heavy atom. The van der Waals surface area contributed by atoms with Crippen LogP contribution in [0.4, 0.5) is 0 Å². The first kappa shape index (κ1) is 11.7. The van der Waals surface area contributed by atoms with E-state index in [1.165, 1.54) is 16.1 Å². The Morgan fingerprint density at radius 3 is 2.05 bits per heavy atom. The lowest BCUT2D eigenvalue weighted by atomic mass is 10.0. The summed E-state index contributed by atoms with van der Waals surface area (Å²) in [6.07, 6.45) is 0.390. The lowest BCUT2D eigenvalue weighted by molar-refractivity contribution is -0.127. The van der Waals surface area contributed by atoms with Gasteiger partial charge in [0.25, 0.3) is 0 Å². The van der Waals surface area contributed by atoms with E-state index in [1.54, 1.807) is 7.05 Å². The number of rotatable bonds is 2. The number of hydrogen-bond acceptors (Lipinski definition) is 2. The Balaban J connectivity index is 1.88. The first-order valence-corrected chi connectivity index (χ1v) is 6.24. The Bertz CT molecular complexity index is 630. The second-order valence-corrected chi connectivity index (χ2v) is 4.58. The van der Waals surface area contributed by atoms with E-state index < -0.39 is 0 Å². The zero-order chi connectivity index (χ0) is 13.2. The van der Waals surface area contributed by atoms with Crippen LogP contribution in [0.2, 0.25) is 0 Å². The maximum absolute atomic E-state index is 11.5. The first-order chi connectivity index (χ1) is 9.24. The van der Waals surface area contributed by atoms with Crippen LogP contribution < -0.4 is 0 Å². The molecule has 1 aliphatic rings. The van der Waals surface area contributed by atoms with Crippen molar-refractivity contribution in [2.75, 3.05) is 7.05 Å². The Hall–Kier alpha value is -2.42. The zero-order valence-electron chi connectivity index (χ0n) is 10.7. The molecule has 2 aromatic rings. The van der Waals surface area contributed by atoms with Crippen LogP contribution in [-0.4, -0.2) is 23.7 Å². The van der Waals surface area contributed by atoms with Gasteiger partial charge >= 0.3 is 0 Å². The molecule has 19 heavy (non-hydrogen) atoms. The number of carbonyl (C=O) groups excluding carboxylic acids is 1. The lowest BCUT2D eigenvalue weighted by Gasteiger charge is -2.03. The molecule has 0 atom stereocenters. The van der Waals surface area contributed by atoms with Gasteiger partial charge < -0.3 is 0 Å². The van der Waals surface area contributed by atoms with Gasteiger partial charge in [0.05, 0.1) is 12.1 Å². The number of amides is 1. The van der Waals surface area contributed by atoms with Gasteiger partial charge in [0.15, 0.2) is 0 Å². The first-order valence-electron chi connectivity index (χ1n) is 6.24. The molecule has 1 aliphatic heterocycles. The van der Waals surface area contributed by atoms with E-state index in [1.807, 2.05) is 30.3 Å². The average Bonchev–Trinajstić information content (AvgIpc) is 2.80. The molecule has 2 aromatic carbocycles. The molecule has 0 N–H and O–H groups in total. The van der Waals surface area contributed by atoms with Crippen LogP contribution in [0.5, 0.6) is 0 Å². The minimum absolute atomic E-state index is 0.0436. The van der Waals surface area contributed by atoms with E-state index in [-0.39, 0.29) is 5.91 Å². The normalized spacial score (nSPS) is 14.7. The summed E-state index contributed by atoms with van der Waals surface area (Å²) in [5, 5.41) is 5.65. The van der Waals surface area contributed by atoms with Crippen LogP contribution in [0.25, 0.3) is 11.1 Å². The van der Waals surface area contributed by atoms with Gasteiger partial charge in [-0.1, -0.05) is 54.6 Å². The monoisotopic (exact) mass is 250 g/mol. The molecule has 0 radical (unpaired) electrons. The van der Waals surface area contributed by atoms with Crippen LogP contribution in [0.3, 0.4) is 0 Å². The molecule has 3 nitrogen and oxygen atoms in total. The highest BCUT2D eigenvalue weighted by Gasteiger charge is 2.21. The minimum atomic E-state index is 0.0436. The molecule has 0 aromatic heterocycles. The maximum atomic E-state index is 11.5. The molecule has 94 valence electrons. The predicted octanol–water partition coefficient (Wildman–Crippen LogP) is 2.92. The zero-order valence-corrected chi connectivity index (χ0v) is 10.7. The predicted molar refractivity (Wildman–Crippen MR) is 75.8 cm³/mol. The molecule has 0 aliphatic carbocycles. The summed E-state index contributed by atoms with van der Waals surface area (Å²) in [6, 6.07) is 18.4. The quantitative estimate of drug-likeness (QED) is 0.806. The van der Waals surface area contributed by atoms with Crippen molar-refractivity contribution in [3.8, 4) is 11.1 Å². The highest BCUT2D eigenvalue weighted by Crippen LogP contribution is 2.21. The number of carbonyl (C=O) groups is 1. The fourth-order valence-electron chi connectivity index (χ4n) is 2.18. The summed E-state index contributed by atoms with van der Waals surface area (Å²) in [6.45, 7) is 0. The van der Waals surface area contributed by atoms with Crippen molar-refractivity contribution in [3.05, 3.63) is 60.2 Å². The van der Waals surface area contributed by atoms with Crippen molar-refractivity contribution >= 4 is 11.6 Å². The molecule has 1 amide bonds. The molecule has 0 spiro atoms. The Labute approximate surface area is 112 Å². The number of hydrogen-bond donors (Lipinski definition) is 0. The van der Waals surface area contributed by atoms with Crippen molar-refractivity contribution in [2.24, 2.45) is 5.10 Å². The summed E-state index contributed by atoms with van der Waals surface area (Å²) in [4.78, 5) is 11.5. The standard InChI is InChI=1S/C16H14N2O/c1-18-16(19)11-15(17-18)14-9-7-13(8-10-14)12-5-3-2-4-6-12/h2-10H,11H2,1H3. The maximum Gasteiger partial charge on any atom is 0.248 e. The van der Waals surface area contributed by atoms with Crippen LogP contribution in [-0.2, 0) is 4.79 Å². The van der Waals surface area contributed by atoms with E-state index in [0.29, 0.717) is 6.42 Å². The number of benzene rings is 2. The molecule has 3 rings (SSSR count). The van der Waals surface area contributed by atoms with Crippen molar-refractivity contribution in [2.45, 2.75) is 6.42 Å². The van der Waals surface area contributed by atoms with Crippen molar-refractivity contribution < 1.29 is 4.79 Å². The van der Waals surface area contributed by atoms with E-state index in [9.17, 15) is 4.79 Å². The van der Waals surface area contributed by atoms with Gasteiger partial charge in [-0.05, 0) is 16.7 Å². The smallest absolute Gasteiger partial charge is 0.248 e. The Kier molecular flexibility index (Phi) is 2.88. The highest BCUT2D eigenvalue weighted by atomic mass is 16.2. The van der Waals surface area contributed by atoms with Gasteiger partial charge in [0, 0.05) is 7.05 Å².